The standard InChI is InChI=1S/C18H21N3O2/c1-3-21(16-10-9-15(11-22)23-16)18-13(2)17(19-12-20-18)14-7-5-4-6-8-14/h3-8,12,15-16,22H,1,9-11H2,2H3. The van der Waals surface area contributed by atoms with Gasteiger partial charge in [-0.05, 0) is 19.8 Å². The molecule has 1 N–H and O–H groups in total. The molecule has 1 saturated heterocycles. The first-order valence-corrected chi connectivity index (χ1v) is 7.78. The second-order valence-electron chi connectivity index (χ2n) is 5.60. The summed E-state index contributed by atoms with van der Waals surface area (Å²) in [6.07, 6.45) is 4.71. The average molecular weight is 311 g/mol. The summed E-state index contributed by atoms with van der Waals surface area (Å²) in [5, 5.41) is 9.26. The van der Waals surface area contributed by atoms with Crippen molar-refractivity contribution in [1.29, 1.82) is 0 Å². The normalized spacial score (nSPS) is 20.4. The van der Waals surface area contributed by atoms with Gasteiger partial charge < -0.3 is 14.7 Å². The Kier molecular flexibility index (Phi) is 4.69. The van der Waals surface area contributed by atoms with Crippen LogP contribution in [0.25, 0.3) is 11.3 Å². The fourth-order valence-electron chi connectivity index (χ4n) is 2.95. The molecule has 1 fully saturated rings. The molecule has 0 radical (unpaired) electrons. The van der Waals surface area contributed by atoms with Crippen LogP contribution in [0, 0.1) is 6.92 Å². The van der Waals surface area contributed by atoms with Crippen LogP contribution >= 0.6 is 0 Å². The largest absolute Gasteiger partial charge is 0.394 e. The first-order valence-electron chi connectivity index (χ1n) is 7.78. The number of aliphatic hydroxyl groups excluding tert-OH is 1. The van der Waals surface area contributed by atoms with Crippen LogP contribution in [0.3, 0.4) is 0 Å². The molecule has 2 aromatic rings. The highest BCUT2D eigenvalue weighted by molar-refractivity contribution is 5.68. The molecule has 0 aliphatic carbocycles. The number of rotatable bonds is 5. The Bertz CT molecular complexity index is 675. The summed E-state index contributed by atoms with van der Waals surface area (Å²) in [7, 11) is 0. The Morgan fingerprint density at radius 3 is 2.74 bits per heavy atom. The Labute approximate surface area is 136 Å². The van der Waals surface area contributed by atoms with E-state index in [-0.39, 0.29) is 18.9 Å². The Morgan fingerprint density at radius 1 is 1.30 bits per heavy atom. The maximum absolute atomic E-state index is 9.26. The quantitative estimate of drug-likeness (QED) is 0.920. The molecule has 5 heteroatoms. The lowest BCUT2D eigenvalue weighted by Crippen LogP contribution is -2.32. The third kappa shape index (κ3) is 3.11. The number of hydrogen-bond donors (Lipinski definition) is 1. The van der Waals surface area contributed by atoms with Gasteiger partial charge in [-0.3, -0.25) is 0 Å². The molecule has 1 aromatic carbocycles. The van der Waals surface area contributed by atoms with Crippen molar-refractivity contribution in [3.63, 3.8) is 0 Å². The smallest absolute Gasteiger partial charge is 0.141 e. The van der Waals surface area contributed by atoms with E-state index in [9.17, 15) is 5.11 Å². The molecule has 0 saturated carbocycles. The van der Waals surface area contributed by atoms with Gasteiger partial charge in [0.2, 0.25) is 0 Å². The van der Waals surface area contributed by atoms with Gasteiger partial charge in [0.1, 0.15) is 18.4 Å². The molecule has 3 rings (SSSR count). The van der Waals surface area contributed by atoms with Crippen LogP contribution in [0.5, 0.6) is 0 Å². The summed E-state index contributed by atoms with van der Waals surface area (Å²) in [6, 6.07) is 10.0. The van der Waals surface area contributed by atoms with Crippen LogP contribution in [0.2, 0.25) is 0 Å². The molecule has 120 valence electrons. The van der Waals surface area contributed by atoms with Crippen molar-refractivity contribution < 1.29 is 9.84 Å². The zero-order valence-electron chi connectivity index (χ0n) is 13.2. The van der Waals surface area contributed by atoms with Gasteiger partial charge in [-0.2, -0.15) is 0 Å². The predicted octanol–water partition coefficient (Wildman–Crippen LogP) is 2.90. The van der Waals surface area contributed by atoms with Gasteiger partial charge in [-0.1, -0.05) is 36.9 Å². The van der Waals surface area contributed by atoms with Gasteiger partial charge in [0.15, 0.2) is 0 Å². The number of hydrogen-bond acceptors (Lipinski definition) is 5. The molecule has 1 aliphatic heterocycles. The van der Waals surface area contributed by atoms with Crippen LogP contribution in [-0.2, 0) is 4.74 Å². The molecule has 1 aromatic heterocycles. The molecule has 2 atom stereocenters. The molecular weight excluding hydrogens is 290 g/mol. The van der Waals surface area contributed by atoms with Gasteiger partial charge in [0.25, 0.3) is 0 Å². The van der Waals surface area contributed by atoms with Crippen LogP contribution in [0.15, 0.2) is 49.4 Å². The molecule has 0 spiro atoms. The molecular formula is C18H21N3O2. The maximum Gasteiger partial charge on any atom is 0.141 e. The monoisotopic (exact) mass is 311 g/mol. The van der Waals surface area contributed by atoms with Crippen LogP contribution in [0.1, 0.15) is 18.4 Å². The fraction of sp³-hybridized carbons (Fsp3) is 0.333. The lowest BCUT2D eigenvalue weighted by molar-refractivity contribution is 0.0141. The lowest BCUT2D eigenvalue weighted by Gasteiger charge is -2.27. The van der Waals surface area contributed by atoms with Crippen molar-refractivity contribution in [3.05, 3.63) is 55.0 Å². The minimum Gasteiger partial charge on any atom is -0.394 e. The summed E-state index contributed by atoms with van der Waals surface area (Å²) in [5.74, 6) is 0.789. The summed E-state index contributed by atoms with van der Waals surface area (Å²) in [5.41, 5.74) is 2.94. The highest BCUT2D eigenvalue weighted by atomic mass is 16.5. The van der Waals surface area contributed by atoms with Gasteiger partial charge in [0, 0.05) is 17.3 Å². The predicted molar refractivity (Wildman–Crippen MR) is 89.9 cm³/mol. The zero-order valence-corrected chi connectivity index (χ0v) is 13.2. The average Bonchev–Trinajstić information content (AvgIpc) is 3.07. The SMILES string of the molecule is C=CN(c1ncnc(-c2ccccc2)c1C)C1CCC(CO)O1. The highest BCUT2D eigenvalue weighted by Crippen LogP contribution is 2.31. The molecule has 2 unspecified atom stereocenters. The molecule has 0 bridgehead atoms. The van der Waals surface area contributed by atoms with Crippen molar-refractivity contribution in [3.8, 4) is 11.3 Å². The lowest BCUT2D eigenvalue weighted by atomic mass is 10.1. The fourth-order valence-corrected chi connectivity index (χ4v) is 2.95. The minimum atomic E-state index is -0.151. The minimum absolute atomic E-state index is 0.0412. The van der Waals surface area contributed by atoms with E-state index in [1.807, 2.05) is 42.2 Å². The summed E-state index contributed by atoms with van der Waals surface area (Å²) >= 11 is 0. The highest BCUT2D eigenvalue weighted by Gasteiger charge is 2.30. The van der Waals surface area contributed by atoms with Crippen molar-refractivity contribution in [1.82, 2.24) is 9.97 Å². The van der Waals surface area contributed by atoms with E-state index >= 15 is 0 Å². The summed E-state index contributed by atoms with van der Waals surface area (Å²) in [6.45, 7) is 5.95. The van der Waals surface area contributed by atoms with Crippen molar-refractivity contribution in [2.75, 3.05) is 11.5 Å². The Morgan fingerprint density at radius 2 is 2.09 bits per heavy atom. The Balaban J connectivity index is 1.94. The van der Waals surface area contributed by atoms with Gasteiger partial charge in [0.05, 0.1) is 18.4 Å². The first kappa shape index (κ1) is 15.6. The van der Waals surface area contributed by atoms with E-state index < -0.39 is 0 Å². The molecule has 0 amide bonds. The number of anilines is 1. The number of benzene rings is 1. The van der Waals surface area contributed by atoms with Crippen LogP contribution in [-0.4, -0.2) is 34.0 Å². The van der Waals surface area contributed by atoms with E-state index in [2.05, 4.69) is 16.5 Å². The third-order valence-electron chi connectivity index (χ3n) is 4.14. The van der Waals surface area contributed by atoms with Gasteiger partial charge >= 0.3 is 0 Å². The maximum atomic E-state index is 9.26. The molecule has 23 heavy (non-hydrogen) atoms. The van der Waals surface area contributed by atoms with E-state index in [1.54, 1.807) is 12.5 Å². The van der Waals surface area contributed by atoms with E-state index in [0.717, 1.165) is 35.5 Å². The van der Waals surface area contributed by atoms with Gasteiger partial charge in [-0.15, -0.1) is 0 Å². The third-order valence-corrected chi connectivity index (χ3v) is 4.14. The van der Waals surface area contributed by atoms with Crippen molar-refractivity contribution in [2.45, 2.75) is 32.1 Å². The van der Waals surface area contributed by atoms with Crippen molar-refractivity contribution in [2.24, 2.45) is 0 Å². The topological polar surface area (TPSA) is 58.5 Å². The first-order chi connectivity index (χ1) is 11.2. The van der Waals surface area contributed by atoms with E-state index in [1.165, 1.54) is 0 Å². The number of aliphatic hydroxyl groups is 1. The summed E-state index contributed by atoms with van der Waals surface area (Å²) in [4.78, 5) is 10.8. The van der Waals surface area contributed by atoms with Crippen LogP contribution in [0.4, 0.5) is 5.82 Å². The number of aromatic nitrogens is 2. The van der Waals surface area contributed by atoms with Crippen molar-refractivity contribution >= 4 is 5.82 Å². The summed E-state index contributed by atoms with van der Waals surface area (Å²) < 4.78 is 5.86. The van der Waals surface area contributed by atoms with E-state index in [4.69, 9.17) is 4.74 Å². The van der Waals surface area contributed by atoms with Gasteiger partial charge in [-0.25, -0.2) is 9.97 Å². The molecule has 1 aliphatic rings. The molecule has 5 nitrogen and oxygen atoms in total. The second-order valence-corrected chi connectivity index (χ2v) is 5.60. The Hall–Kier alpha value is -2.24. The number of nitrogens with zero attached hydrogens (tertiary/aromatic N) is 3. The molecule has 2 heterocycles. The van der Waals surface area contributed by atoms with Crippen LogP contribution < -0.4 is 4.90 Å². The second kappa shape index (κ2) is 6.89. The zero-order chi connectivity index (χ0) is 16.2. The number of ether oxygens (including phenoxy) is 1. The van der Waals surface area contributed by atoms with E-state index in [0.29, 0.717) is 0 Å².